The average Bonchev–Trinajstić information content (AvgIpc) is 2.83. The van der Waals surface area contributed by atoms with E-state index in [1.54, 1.807) is 0 Å². The first-order chi connectivity index (χ1) is 11.0. The number of benzene rings is 1. The maximum atomic E-state index is 11.8. The molecule has 122 valence electrons. The van der Waals surface area contributed by atoms with Crippen LogP contribution in [0.3, 0.4) is 0 Å². The van der Waals surface area contributed by atoms with Crippen LogP contribution in [0.15, 0.2) is 30.3 Å². The van der Waals surface area contributed by atoms with Crippen LogP contribution in [-0.2, 0) is 16.1 Å². The highest BCUT2D eigenvalue weighted by molar-refractivity contribution is 8.00. The van der Waals surface area contributed by atoms with Crippen molar-refractivity contribution in [1.29, 1.82) is 0 Å². The van der Waals surface area contributed by atoms with Crippen LogP contribution in [-0.4, -0.2) is 38.3 Å². The molecule has 0 radical (unpaired) electrons. The van der Waals surface area contributed by atoms with Gasteiger partial charge in [-0.05, 0) is 31.5 Å². The van der Waals surface area contributed by atoms with Gasteiger partial charge in [0, 0.05) is 12.2 Å². The van der Waals surface area contributed by atoms with Crippen LogP contribution in [0.5, 0.6) is 0 Å². The fourth-order valence-corrected chi connectivity index (χ4v) is 2.78. The number of aromatic nitrogens is 2. The van der Waals surface area contributed by atoms with Gasteiger partial charge in [-0.1, -0.05) is 18.2 Å². The fraction of sp³-hybridized carbons (Fsp3) is 0.312. The smallest absolute Gasteiger partial charge is 0.313 e. The van der Waals surface area contributed by atoms with E-state index in [1.165, 1.54) is 0 Å². The predicted molar refractivity (Wildman–Crippen MR) is 89.8 cm³/mol. The predicted octanol–water partition coefficient (Wildman–Crippen LogP) is 1.92. The molecule has 6 nitrogen and oxygen atoms in total. The van der Waals surface area contributed by atoms with Crippen molar-refractivity contribution in [3.05, 3.63) is 47.3 Å². The molecule has 0 unspecified atom stereocenters. The lowest BCUT2D eigenvalue weighted by Crippen LogP contribution is -2.25. The number of carboxylic acid groups (broad SMARTS) is 1. The third kappa shape index (κ3) is 4.85. The first kappa shape index (κ1) is 17.1. The van der Waals surface area contributed by atoms with Crippen molar-refractivity contribution in [1.82, 2.24) is 15.1 Å². The van der Waals surface area contributed by atoms with Gasteiger partial charge in [0.05, 0.1) is 22.9 Å². The largest absolute Gasteiger partial charge is 0.481 e. The Balaban J connectivity index is 2.02. The molecular weight excluding hydrogens is 314 g/mol. The molecule has 2 aromatic rings. The van der Waals surface area contributed by atoms with Crippen molar-refractivity contribution in [2.75, 3.05) is 11.5 Å². The zero-order valence-electron chi connectivity index (χ0n) is 13.1. The molecule has 0 saturated heterocycles. The molecule has 2 N–H and O–H groups in total. The highest BCUT2D eigenvalue weighted by atomic mass is 32.2. The van der Waals surface area contributed by atoms with E-state index in [0.29, 0.717) is 6.54 Å². The van der Waals surface area contributed by atoms with Crippen molar-refractivity contribution < 1.29 is 14.7 Å². The Hall–Kier alpha value is -2.28. The van der Waals surface area contributed by atoms with Crippen LogP contribution >= 0.6 is 11.8 Å². The Bertz CT molecular complexity index is 712. The Morgan fingerprint density at radius 2 is 2.00 bits per heavy atom. The number of carboxylic acids is 1. The number of rotatable bonds is 7. The van der Waals surface area contributed by atoms with E-state index < -0.39 is 5.97 Å². The second kappa shape index (κ2) is 7.82. The molecule has 7 heteroatoms. The van der Waals surface area contributed by atoms with E-state index in [4.69, 9.17) is 5.11 Å². The first-order valence-electron chi connectivity index (χ1n) is 7.15. The fourth-order valence-electron chi connectivity index (χ4n) is 2.22. The van der Waals surface area contributed by atoms with Gasteiger partial charge >= 0.3 is 5.97 Å². The molecule has 0 saturated carbocycles. The molecule has 1 amide bonds. The van der Waals surface area contributed by atoms with E-state index >= 15 is 0 Å². The van der Waals surface area contributed by atoms with Gasteiger partial charge in [0.1, 0.15) is 0 Å². The molecule has 1 aromatic carbocycles. The summed E-state index contributed by atoms with van der Waals surface area (Å²) in [5, 5.41) is 15.8. The van der Waals surface area contributed by atoms with Crippen LogP contribution < -0.4 is 5.32 Å². The van der Waals surface area contributed by atoms with E-state index in [9.17, 15) is 9.59 Å². The minimum Gasteiger partial charge on any atom is -0.481 e. The number of amides is 1. The minimum atomic E-state index is -0.919. The number of hydrogen-bond donors (Lipinski definition) is 2. The molecule has 2 rings (SSSR count). The van der Waals surface area contributed by atoms with Crippen LogP contribution in [0.2, 0.25) is 0 Å². The van der Waals surface area contributed by atoms with Gasteiger partial charge < -0.3 is 10.4 Å². The van der Waals surface area contributed by atoms with Crippen molar-refractivity contribution in [2.24, 2.45) is 0 Å². The normalized spacial score (nSPS) is 10.5. The zero-order chi connectivity index (χ0) is 16.8. The highest BCUT2D eigenvalue weighted by Gasteiger charge is 2.10. The van der Waals surface area contributed by atoms with Gasteiger partial charge in [-0.2, -0.15) is 5.10 Å². The molecule has 0 fully saturated rings. The summed E-state index contributed by atoms with van der Waals surface area (Å²) < 4.78 is 1.86. The molecule has 0 aliphatic rings. The molecule has 1 heterocycles. The Labute approximate surface area is 138 Å². The summed E-state index contributed by atoms with van der Waals surface area (Å²) in [6.07, 6.45) is 0. The molecular formula is C16H19N3O3S. The maximum Gasteiger partial charge on any atom is 0.313 e. The van der Waals surface area contributed by atoms with Crippen molar-refractivity contribution in [3.63, 3.8) is 0 Å². The standard InChI is InChI=1S/C16H19N3O3S/c1-11-7-12(2)19(18-11)14-6-4-3-5-13(14)8-17-15(20)9-23-10-16(21)22/h3-7H,8-10H2,1-2H3,(H,17,20)(H,21,22). The number of hydrogen-bond acceptors (Lipinski definition) is 4. The Morgan fingerprint density at radius 3 is 2.65 bits per heavy atom. The molecule has 0 bridgehead atoms. The molecule has 1 aromatic heterocycles. The van der Waals surface area contributed by atoms with Gasteiger partial charge in [0.25, 0.3) is 0 Å². The van der Waals surface area contributed by atoms with Gasteiger partial charge in [-0.3, -0.25) is 9.59 Å². The van der Waals surface area contributed by atoms with Crippen molar-refractivity contribution in [2.45, 2.75) is 20.4 Å². The summed E-state index contributed by atoms with van der Waals surface area (Å²) in [6, 6.07) is 9.74. The number of aliphatic carboxylic acids is 1. The molecule has 0 spiro atoms. The third-order valence-corrected chi connectivity index (χ3v) is 4.08. The van der Waals surface area contributed by atoms with Crippen LogP contribution in [0.1, 0.15) is 17.0 Å². The SMILES string of the molecule is Cc1cc(C)n(-c2ccccc2CNC(=O)CSCC(=O)O)n1. The summed E-state index contributed by atoms with van der Waals surface area (Å²) >= 11 is 1.08. The summed E-state index contributed by atoms with van der Waals surface area (Å²) in [7, 11) is 0. The highest BCUT2D eigenvalue weighted by Crippen LogP contribution is 2.17. The quantitative estimate of drug-likeness (QED) is 0.809. The van der Waals surface area contributed by atoms with Crippen LogP contribution in [0.4, 0.5) is 0 Å². The monoisotopic (exact) mass is 333 g/mol. The topological polar surface area (TPSA) is 84.2 Å². The Morgan fingerprint density at radius 1 is 1.26 bits per heavy atom. The van der Waals surface area contributed by atoms with E-state index in [2.05, 4.69) is 10.4 Å². The van der Waals surface area contributed by atoms with Crippen molar-refractivity contribution in [3.8, 4) is 5.69 Å². The molecule has 0 aliphatic carbocycles. The van der Waals surface area contributed by atoms with E-state index in [1.807, 2.05) is 48.9 Å². The number of para-hydroxylation sites is 1. The second-order valence-corrected chi connectivity index (χ2v) is 6.12. The number of aryl methyl sites for hydroxylation is 2. The summed E-state index contributed by atoms with van der Waals surface area (Å²) in [4.78, 5) is 22.2. The van der Waals surface area contributed by atoms with E-state index in [0.717, 1.165) is 34.4 Å². The van der Waals surface area contributed by atoms with E-state index in [-0.39, 0.29) is 17.4 Å². The summed E-state index contributed by atoms with van der Waals surface area (Å²) in [5.74, 6) is -1.04. The lowest BCUT2D eigenvalue weighted by Gasteiger charge is -2.12. The van der Waals surface area contributed by atoms with Crippen molar-refractivity contribution >= 4 is 23.6 Å². The van der Waals surface area contributed by atoms with Gasteiger partial charge in [-0.15, -0.1) is 11.8 Å². The minimum absolute atomic E-state index is 0.0736. The lowest BCUT2D eigenvalue weighted by atomic mass is 10.1. The van der Waals surface area contributed by atoms with Crippen LogP contribution in [0, 0.1) is 13.8 Å². The first-order valence-corrected chi connectivity index (χ1v) is 8.30. The maximum absolute atomic E-state index is 11.8. The number of thioether (sulfide) groups is 1. The van der Waals surface area contributed by atoms with Gasteiger partial charge in [0.2, 0.25) is 5.91 Å². The summed E-state index contributed by atoms with van der Waals surface area (Å²) in [6.45, 7) is 4.30. The number of carbonyl (C=O) groups is 2. The molecule has 23 heavy (non-hydrogen) atoms. The zero-order valence-corrected chi connectivity index (χ0v) is 13.9. The second-order valence-electron chi connectivity index (χ2n) is 5.13. The molecule has 0 aliphatic heterocycles. The summed E-state index contributed by atoms with van der Waals surface area (Å²) in [5.41, 5.74) is 3.84. The third-order valence-electron chi connectivity index (χ3n) is 3.16. The number of nitrogens with one attached hydrogen (secondary N) is 1. The van der Waals surface area contributed by atoms with Gasteiger partial charge in [0.15, 0.2) is 0 Å². The number of nitrogens with zero attached hydrogens (tertiary/aromatic N) is 2. The number of carbonyl (C=O) groups excluding carboxylic acids is 1. The lowest BCUT2D eigenvalue weighted by molar-refractivity contribution is -0.133. The molecule has 0 atom stereocenters. The Kier molecular flexibility index (Phi) is 5.81. The average molecular weight is 333 g/mol. The van der Waals surface area contributed by atoms with Crippen LogP contribution in [0.25, 0.3) is 5.69 Å². The van der Waals surface area contributed by atoms with Gasteiger partial charge in [-0.25, -0.2) is 4.68 Å².